The van der Waals surface area contributed by atoms with E-state index >= 15 is 0 Å². The summed E-state index contributed by atoms with van der Waals surface area (Å²) < 4.78 is 0. The minimum atomic E-state index is -1.07. The van der Waals surface area contributed by atoms with Crippen molar-refractivity contribution in [2.75, 3.05) is 0 Å². The predicted octanol–water partition coefficient (Wildman–Crippen LogP) is 1.45. The molecular weight excluding hydrogens is 182 g/mol. The number of unbranched alkanes of at least 4 members (excludes halogenated alkanes) is 2. The van der Waals surface area contributed by atoms with Crippen LogP contribution in [0.15, 0.2) is 11.1 Å². The van der Waals surface area contributed by atoms with Gasteiger partial charge in [0.1, 0.15) is 0 Å². The van der Waals surface area contributed by atoms with Crippen molar-refractivity contribution in [1.82, 2.24) is 0 Å². The van der Waals surface area contributed by atoms with Crippen LogP contribution in [-0.2, 0) is 9.59 Å². The van der Waals surface area contributed by atoms with E-state index in [1.165, 1.54) is 6.92 Å². The van der Waals surface area contributed by atoms with Crippen molar-refractivity contribution in [3.63, 3.8) is 0 Å². The monoisotopic (exact) mass is 199 g/mol. The maximum absolute atomic E-state index is 10.9. The summed E-state index contributed by atoms with van der Waals surface area (Å²) in [6.07, 6.45) is 3.27. The molecule has 0 fully saturated rings. The lowest BCUT2D eigenvalue weighted by atomic mass is 10.0. The quantitative estimate of drug-likeness (QED) is 0.502. The summed E-state index contributed by atoms with van der Waals surface area (Å²) >= 11 is 0. The van der Waals surface area contributed by atoms with Crippen LogP contribution < -0.4 is 5.73 Å². The first-order chi connectivity index (χ1) is 6.50. The Morgan fingerprint density at radius 1 is 1.29 bits per heavy atom. The highest BCUT2D eigenvalue weighted by Gasteiger charge is 2.13. The summed E-state index contributed by atoms with van der Waals surface area (Å²) in [6, 6.07) is 0. The molecule has 0 aromatic heterocycles. The Hall–Kier alpha value is -1.32. The first kappa shape index (κ1) is 12.7. The predicted molar refractivity (Wildman–Crippen MR) is 53.7 cm³/mol. The molecule has 0 aromatic carbocycles. The van der Waals surface area contributed by atoms with Gasteiger partial charge < -0.3 is 10.8 Å². The number of aliphatic carboxylic acids is 1. The minimum absolute atomic E-state index is 0.0635. The number of carboxylic acid groups (broad SMARTS) is 1. The fourth-order valence-electron chi connectivity index (χ4n) is 1.18. The molecule has 0 saturated carbocycles. The van der Waals surface area contributed by atoms with Crippen LogP contribution in [0.4, 0.5) is 0 Å². The molecule has 0 aromatic rings. The molecule has 80 valence electrons. The Kier molecular flexibility index (Phi) is 5.60. The van der Waals surface area contributed by atoms with Crippen LogP contribution in [0, 0.1) is 0 Å². The average molecular weight is 199 g/mol. The third-order valence-corrected chi connectivity index (χ3v) is 2.10. The van der Waals surface area contributed by atoms with E-state index in [4.69, 9.17) is 10.8 Å². The number of amides is 1. The second-order valence-corrected chi connectivity index (χ2v) is 3.23. The van der Waals surface area contributed by atoms with Crippen molar-refractivity contribution >= 4 is 11.9 Å². The van der Waals surface area contributed by atoms with Crippen molar-refractivity contribution in [2.45, 2.75) is 39.5 Å². The lowest BCUT2D eigenvalue weighted by Gasteiger charge is -2.05. The molecule has 0 spiro atoms. The van der Waals surface area contributed by atoms with Gasteiger partial charge in [-0.2, -0.15) is 0 Å². The number of carboxylic acids is 1. The van der Waals surface area contributed by atoms with Crippen LogP contribution in [0.25, 0.3) is 0 Å². The van der Waals surface area contributed by atoms with E-state index in [2.05, 4.69) is 0 Å². The van der Waals surface area contributed by atoms with Crippen LogP contribution in [0.5, 0.6) is 0 Å². The van der Waals surface area contributed by atoms with Gasteiger partial charge in [0.25, 0.3) is 0 Å². The third kappa shape index (κ3) is 4.07. The molecule has 4 heteroatoms. The molecule has 0 unspecified atom stereocenters. The zero-order chi connectivity index (χ0) is 11.1. The number of carbonyl (C=O) groups is 2. The molecule has 14 heavy (non-hydrogen) atoms. The van der Waals surface area contributed by atoms with E-state index in [1.807, 2.05) is 6.92 Å². The number of carbonyl (C=O) groups excluding carboxylic acids is 1. The molecular formula is C10H17NO3. The Balaban J connectivity index is 4.52. The first-order valence-electron chi connectivity index (χ1n) is 4.73. The van der Waals surface area contributed by atoms with Crippen molar-refractivity contribution < 1.29 is 14.7 Å². The second-order valence-electron chi connectivity index (χ2n) is 3.23. The van der Waals surface area contributed by atoms with Gasteiger partial charge in [0.2, 0.25) is 5.91 Å². The van der Waals surface area contributed by atoms with Gasteiger partial charge in [0.05, 0.1) is 0 Å². The zero-order valence-corrected chi connectivity index (χ0v) is 8.67. The van der Waals surface area contributed by atoms with Gasteiger partial charge >= 0.3 is 5.97 Å². The summed E-state index contributed by atoms with van der Waals surface area (Å²) in [7, 11) is 0. The highest BCUT2D eigenvalue weighted by atomic mass is 16.4. The highest BCUT2D eigenvalue weighted by molar-refractivity contribution is 6.00. The molecule has 0 saturated heterocycles. The average Bonchev–Trinajstić information content (AvgIpc) is 2.10. The molecule has 3 N–H and O–H groups in total. The molecule has 0 rings (SSSR count). The van der Waals surface area contributed by atoms with E-state index in [-0.39, 0.29) is 11.1 Å². The smallest absolute Gasteiger partial charge is 0.331 e. The third-order valence-electron chi connectivity index (χ3n) is 2.10. The van der Waals surface area contributed by atoms with Gasteiger partial charge in [-0.05, 0) is 19.8 Å². The standard InChI is InChI=1S/C10H17NO3/c1-3-4-5-6-8(9(11)12)7(2)10(13)14/h3-6H2,1-2H3,(H2,11,12)(H,13,14)/b8-7-. The molecule has 0 aliphatic carbocycles. The van der Waals surface area contributed by atoms with E-state index in [9.17, 15) is 9.59 Å². The molecule has 0 bridgehead atoms. The van der Waals surface area contributed by atoms with Crippen molar-refractivity contribution in [1.29, 1.82) is 0 Å². The second kappa shape index (κ2) is 6.18. The Bertz CT molecular complexity index is 256. The van der Waals surface area contributed by atoms with Gasteiger partial charge in [0.15, 0.2) is 0 Å². The summed E-state index contributed by atoms with van der Waals surface area (Å²) in [6.45, 7) is 3.45. The normalized spacial score (nSPS) is 12.1. The van der Waals surface area contributed by atoms with Crippen molar-refractivity contribution in [2.24, 2.45) is 5.73 Å². The number of primary amides is 1. The number of rotatable bonds is 6. The summed E-state index contributed by atoms with van der Waals surface area (Å²) in [5.41, 5.74) is 5.40. The zero-order valence-electron chi connectivity index (χ0n) is 8.67. The maximum Gasteiger partial charge on any atom is 0.331 e. The fraction of sp³-hybridized carbons (Fsp3) is 0.600. The molecule has 0 aliphatic rings. The number of hydrogen-bond acceptors (Lipinski definition) is 2. The number of nitrogens with two attached hydrogens (primary N) is 1. The SMILES string of the molecule is CCCCC/C(C(N)=O)=C(\C)C(=O)O. The Labute approximate surface area is 83.8 Å². The highest BCUT2D eigenvalue weighted by Crippen LogP contribution is 2.13. The molecule has 4 nitrogen and oxygen atoms in total. The van der Waals surface area contributed by atoms with Crippen LogP contribution in [0.2, 0.25) is 0 Å². The van der Waals surface area contributed by atoms with Gasteiger partial charge in [-0.15, -0.1) is 0 Å². The summed E-state index contributed by atoms with van der Waals surface area (Å²) in [5, 5.41) is 8.69. The van der Waals surface area contributed by atoms with Gasteiger partial charge in [-0.25, -0.2) is 4.79 Å². The molecule has 0 radical (unpaired) electrons. The lowest BCUT2D eigenvalue weighted by Crippen LogP contribution is -2.18. The van der Waals surface area contributed by atoms with E-state index in [0.717, 1.165) is 19.3 Å². The van der Waals surface area contributed by atoms with Gasteiger partial charge in [-0.1, -0.05) is 19.8 Å². The van der Waals surface area contributed by atoms with E-state index in [1.54, 1.807) is 0 Å². The van der Waals surface area contributed by atoms with Gasteiger partial charge in [0, 0.05) is 11.1 Å². The minimum Gasteiger partial charge on any atom is -0.478 e. The topological polar surface area (TPSA) is 80.4 Å². The Morgan fingerprint density at radius 3 is 2.21 bits per heavy atom. The summed E-state index contributed by atoms with van der Waals surface area (Å²) in [5.74, 6) is -1.70. The Morgan fingerprint density at radius 2 is 1.86 bits per heavy atom. The van der Waals surface area contributed by atoms with Crippen molar-refractivity contribution in [3.05, 3.63) is 11.1 Å². The molecule has 0 aliphatic heterocycles. The van der Waals surface area contributed by atoms with E-state index in [0.29, 0.717) is 6.42 Å². The molecule has 0 atom stereocenters. The van der Waals surface area contributed by atoms with Crippen LogP contribution in [0.3, 0.4) is 0 Å². The van der Waals surface area contributed by atoms with Crippen LogP contribution >= 0.6 is 0 Å². The lowest BCUT2D eigenvalue weighted by molar-refractivity contribution is -0.133. The molecule has 1 amide bonds. The number of hydrogen-bond donors (Lipinski definition) is 2. The largest absolute Gasteiger partial charge is 0.478 e. The van der Waals surface area contributed by atoms with E-state index < -0.39 is 11.9 Å². The van der Waals surface area contributed by atoms with Crippen LogP contribution in [-0.4, -0.2) is 17.0 Å². The van der Waals surface area contributed by atoms with Gasteiger partial charge in [-0.3, -0.25) is 4.79 Å². The maximum atomic E-state index is 10.9. The fourth-order valence-corrected chi connectivity index (χ4v) is 1.18. The molecule has 0 heterocycles. The summed E-state index contributed by atoms with van der Waals surface area (Å²) in [4.78, 5) is 21.6. The van der Waals surface area contributed by atoms with Crippen molar-refractivity contribution in [3.8, 4) is 0 Å². The van der Waals surface area contributed by atoms with Crippen LogP contribution in [0.1, 0.15) is 39.5 Å². The first-order valence-corrected chi connectivity index (χ1v) is 4.73.